The molecule has 5 nitrogen and oxygen atoms in total. The predicted molar refractivity (Wildman–Crippen MR) is 60.4 cm³/mol. The lowest BCUT2D eigenvalue weighted by Gasteiger charge is -2.12. The highest BCUT2D eigenvalue weighted by Crippen LogP contribution is 2.26. The predicted octanol–water partition coefficient (Wildman–Crippen LogP) is 2.15. The third-order valence-corrected chi connectivity index (χ3v) is 2.34. The van der Waals surface area contributed by atoms with Gasteiger partial charge < -0.3 is 14.4 Å². The van der Waals surface area contributed by atoms with Crippen LogP contribution in [-0.2, 0) is 6.61 Å². The van der Waals surface area contributed by atoms with Crippen molar-refractivity contribution in [2.45, 2.75) is 26.6 Å². The fraction of sp³-hybridized carbons (Fsp3) is 0.333. The summed E-state index contributed by atoms with van der Waals surface area (Å²) in [5.74, 6) is 0.811. The molecule has 0 aliphatic heterocycles. The van der Waals surface area contributed by atoms with E-state index in [4.69, 9.17) is 9.26 Å². The van der Waals surface area contributed by atoms with Crippen LogP contribution in [0.15, 0.2) is 22.7 Å². The fourth-order valence-corrected chi connectivity index (χ4v) is 1.52. The van der Waals surface area contributed by atoms with Crippen molar-refractivity contribution in [2.75, 3.05) is 0 Å². The zero-order valence-corrected chi connectivity index (χ0v) is 10.1. The third-order valence-electron chi connectivity index (χ3n) is 2.34. The van der Waals surface area contributed by atoms with E-state index in [0.29, 0.717) is 23.0 Å². The third kappa shape index (κ3) is 2.84. The molecule has 6 heteroatoms. The van der Waals surface area contributed by atoms with E-state index in [1.54, 1.807) is 13.8 Å². The van der Waals surface area contributed by atoms with Gasteiger partial charge in [-0.15, -0.1) is 0 Å². The summed E-state index contributed by atoms with van der Waals surface area (Å²) in [5, 5.41) is 13.2. The Labute approximate surface area is 103 Å². The van der Waals surface area contributed by atoms with Crippen LogP contribution in [0.4, 0.5) is 4.39 Å². The quantitative estimate of drug-likeness (QED) is 0.902. The molecular weight excluding hydrogens is 239 g/mol. The number of rotatable bonds is 4. The SMILES string of the molecule is Cc1noc(COc2ccc(F)cc2[C@@H](C)O)n1. The second kappa shape index (κ2) is 5.14. The standard InChI is InChI=1S/C12H13FN2O3/c1-7(16)10-5-9(13)3-4-11(10)17-6-12-14-8(2)15-18-12/h3-5,7,16H,6H2,1-2H3/t7-/m1/s1. The smallest absolute Gasteiger partial charge is 0.264 e. The minimum atomic E-state index is -0.819. The van der Waals surface area contributed by atoms with Crippen LogP contribution in [0.3, 0.4) is 0 Å². The van der Waals surface area contributed by atoms with Crippen LogP contribution in [0.25, 0.3) is 0 Å². The second-order valence-electron chi connectivity index (χ2n) is 3.88. The number of aliphatic hydroxyl groups is 1. The topological polar surface area (TPSA) is 68.4 Å². The van der Waals surface area contributed by atoms with Gasteiger partial charge >= 0.3 is 0 Å². The van der Waals surface area contributed by atoms with Crippen LogP contribution < -0.4 is 4.74 Å². The summed E-state index contributed by atoms with van der Waals surface area (Å²) in [6.07, 6.45) is -0.819. The molecule has 1 heterocycles. The van der Waals surface area contributed by atoms with Crippen LogP contribution in [0.5, 0.6) is 5.75 Å². The molecule has 0 fully saturated rings. The summed E-state index contributed by atoms with van der Waals surface area (Å²) in [6.45, 7) is 3.32. The maximum Gasteiger partial charge on any atom is 0.264 e. The molecule has 2 rings (SSSR count). The summed E-state index contributed by atoms with van der Waals surface area (Å²) >= 11 is 0. The van der Waals surface area contributed by atoms with Crippen molar-refractivity contribution in [2.24, 2.45) is 0 Å². The number of nitrogens with zero attached hydrogens (tertiary/aromatic N) is 2. The Balaban J connectivity index is 2.13. The van der Waals surface area contributed by atoms with Crippen LogP contribution >= 0.6 is 0 Å². The summed E-state index contributed by atoms with van der Waals surface area (Å²) < 4.78 is 23.4. The highest BCUT2D eigenvalue weighted by Gasteiger charge is 2.12. The van der Waals surface area contributed by atoms with E-state index in [2.05, 4.69) is 10.1 Å². The van der Waals surface area contributed by atoms with Crippen molar-refractivity contribution in [1.29, 1.82) is 0 Å². The summed E-state index contributed by atoms with van der Waals surface area (Å²) in [5.41, 5.74) is 0.381. The fourth-order valence-electron chi connectivity index (χ4n) is 1.52. The van der Waals surface area contributed by atoms with Crippen molar-refractivity contribution in [3.8, 4) is 5.75 Å². The van der Waals surface area contributed by atoms with Gasteiger partial charge in [0.1, 0.15) is 11.6 Å². The van der Waals surface area contributed by atoms with E-state index in [0.717, 1.165) is 0 Å². The molecule has 0 saturated carbocycles. The first-order chi connectivity index (χ1) is 8.56. The minimum absolute atomic E-state index is 0.0756. The van der Waals surface area contributed by atoms with Gasteiger partial charge in [0, 0.05) is 5.56 Å². The van der Waals surface area contributed by atoms with E-state index in [1.165, 1.54) is 18.2 Å². The second-order valence-corrected chi connectivity index (χ2v) is 3.88. The van der Waals surface area contributed by atoms with E-state index in [1.807, 2.05) is 0 Å². The lowest BCUT2D eigenvalue weighted by molar-refractivity contribution is 0.184. The number of benzene rings is 1. The average Bonchev–Trinajstić information content (AvgIpc) is 2.73. The molecule has 1 aromatic carbocycles. The highest BCUT2D eigenvalue weighted by atomic mass is 19.1. The van der Waals surface area contributed by atoms with E-state index in [-0.39, 0.29) is 6.61 Å². The average molecular weight is 252 g/mol. The summed E-state index contributed by atoms with van der Waals surface area (Å²) in [4.78, 5) is 3.98. The molecular formula is C12H13FN2O3. The molecule has 0 spiro atoms. The maximum atomic E-state index is 13.1. The summed E-state index contributed by atoms with van der Waals surface area (Å²) in [6, 6.07) is 3.96. The lowest BCUT2D eigenvalue weighted by Crippen LogP contribution is -2.02. The molecule has 1 atom stereocenters. The van der Waals surface area contributed by atoms with Crippen LogP contribution in [0.2, 0.25) is 0 Å². The van der Waals surface area contributed by atoms with Crippen LogP contribution in [-0.4, -0.2) is 15.2 Å². The number of hydrogen-bond acceptors (Lipinski definition) is 5. The Bertz CT molecular complexity index is 540. The Morgan fingerprint density at radius 3 is 2.89 bits per heavy atom. The van der Waals surface area contributed by atoms with Gasteiger partial charge in [-0.05, 0) is 32.0 Å². The van der Waals surface area contributed by atoms with E-state index in [9.17, 15) is 9.50 Å². The van der Waals surface area contributed by atoms with Crippen molar-refractivity contribution >= 4 is 0 Å². The minimum Gasteiger partial charge on any atom is -0.483 e. The molecule has 0 amide bonds. The van der Waals surface area contributed by atoms with Crippen molar-refractivity contribution in [1.82, 2.24) is 10.1 Å². The monoisotopic (exact) mass is 252 g/mol. The Kier molecular flexibility index (Phi) is 3.57. The van der Waals surface area contributed by atoms with E-state index >= 15 is 0 Å². The normalized spacial score (nSPS) is 12.4. The zero-order chi connectivity index (χ0) is 13.1. The van der Waals surface area contributed by atoms with Crippen LogP contribution in [0.1, 0.15) is 30.3 Å². The number of aliphatic hydroxyl groups excluding tert-OH is 1. The molecule has 0 aliphatic carbocycles. The first-order valence-electron chi connectivity index (χ1n) is 5.46. The van der Waals surface area contributed by atoms with Crippen molar-refractivity contribution in [3.05, 3.63) is 41.3 Å². The zero-order valence-electron chi connectivity index (χ0n) is 10.1. The number of ether oxygens (including phenoxy) is 1. The number of aromatic nitrogens is 2. The molecule has 1 N–H and O–H groups in total. The van der Waals surface area contributed by atoms with Gasteiger partial charge in [-0.2, -0.15) is 4.98 Å². The lowest BCUT2D eigenvalue weighted by atomic mass is 10.1. The molecule has 0 radical (unpaired) electrons. The molecule has 0 bridgehead atoms. The molecule has 1 aromatic heterocycles. The molecule has 0 saturated heterocycles. The summed E-state index contributed by atoms with van der Waals surface area (Å²) in [7, 11) is 0. The van der Waals surface area contributed by atoms with Crippen molar-refractivity contribution in [3.63, 3.8) is 0 Å². The van der Waals surface area contributed by atoms with Gasteiger partial charge in [0.25, 0.3) is 5.89 Å². The highest BCUT2D eigenvalue weighted by molar-refractivity contribution is 5.35. The van der Waals surface area contributed by atoms with Crippen molar-refractivity contribution < 1.29 is 18.8 Å². The molecule has 2 aromatic rings. The van der Waals surface area contributed by atoms with E-state index < -0.39 is 11.9 Å². The van der Waals surface area contributed by atoms with Gasteiger partial charge in [-0.3, -0.25) is 0 Å². The molecule has 18 heavy (non-hydrogen) atoms. The Morgan fingerprint density at radius 1 is 1.50 bits per heavy atom. The molecule has 0 aliphatic rings. The van der Waals surface area contributed by atoms with Gasteiger partial charge in [0.15, 0.2) is 12.4 Å². The number of halogens is 1. The largest absolute Gasteiger partial charge is 0.483 e. The Hall–Kier alpha value is -1.95. The first kappa shape index (κ1) is 12.5. The Morgan fingerprint density at radius 2 is 2.28 bits per heavy atom. The number of hydrogen-bond donors (Lipinski definition) is 1. The first-order valence-corrected chi connectivity index (χ1v) is 5.46. The van der Waals surface area contributed by atoms with Gasteiger partial charge in [-0.1, -0.05) is 5.16 Å². The van der Waals surface area contributed by atoms with Gasteiger partial charge in [0.2, 0.25) is 0 Å². The van der Waals surface area contributed by atoms with Gasteiger partial charge in [-0.25, -0.2) is 4.39 Å². The van der Waals surface area contributed by atoms with Crippen LogP contribution in [0, 0.1) is 12.7 Å². The molecule has 96 valence electrons. The molecule has 0 unspecified atom stereocenters. The van der Waals surface area contributed by atoms with Gasteiger partial charge in [0.05, 0.1) is 6.10 Å². The number of aryl methyl sites for hydroxylation is 1. The maximum absolute atomic E-state index is 13.1.